The smallest absolute Gasteiger partial charge is 0.217 e. The molecule has 0 bridgehead atoms. The third-order valence-corrected chi connectivity index (χ3v) is 5.87. The molecule has 18 heavy (non-hydrogen) atoms. The molecule has 0 aromatic heterocycles. The zero-order chi connectivity index (χ0) is 13.9. The van der Waals surface area contributed by atoms with Crippen molar-refractivity contribution in [2.45, 2.75) is 23.6 Å². The van der Waals surface area contributed by atoms with E-state index in [1.54, 1.807) is 0 Å². The fourth-order valence-corrected chi connectivity index (χ4v) is 4.72. The first-order chi connectivity index (χ1) is 8.24. The predicted octanol–water partition coefficient (Wildman–Crippen LogP) is -3.46. The van der Waals surface area contributed by atoms with E-state index in [0.29, 0.717) is 0 Å². The molecule has 10 heteroatoms. The van der Waals surface area contributed by atoms with Crippen LogP contribution in [-0.4, -0.2) is 81.7 Å². The van der Waals surface area contributed by atoms with Crippen LogP contribution in [0.5, 0.6) is 0 Å². The lowest BCUT2D eigenvalue weighted by Gasteiger charge is -2.15. The zero-order valence-corrected chi connectivity index (χ0v) is 11.0. The van der Waals surface area contributed by atoms with Crippen LogP contribution < -0.4 is 0 Å². The van der Waals surface area contributed by atoms with Gasteiger partial charge in [0.15, 0.2) is 5.25 Å². The van der Waals surface area contributed by atoms with Crippen LogP contribution in [0.3, 0.4) is 0 Å². The Labute approximate surface area is 108 Å². The van der Waals surface area contributed by atoms with Gasteiger partial charge in [-0.25, -0.2) is 8.42 Å². The minimum atomic E-state index is -4.85. The van der Waals surface area contributed by atoms with Crippen molar-refractivity contribution in [2.24, 2.45) is 0 Å². The second kappa shape index (κ2) is 6.48. The number of hydrogen-bond acceptors (Lipinski definition) is 8. The monoisotopic (exact) mass is 304 g/mol. The first kappa shape index (κ1) is 16.1. The lowest BCUT2D eigenvalue weighted by atomic mass is 10.2. The third kappa shape index (κ3) is 4.63. The van der Waals surface area contributed by atoms with Gasteiger partial charge in [0.2, 0.25) is 10.4 Å². The van der Waals surface area contributed by atoms with Crippen LogP contribution in [0.15, 0.2) is 0 Å². The molecule has 0 radical (unpaired) electrons. The molecule has 108 valence electrons. The summed E-state index contributed by atoms with van der Waals surface area (Å²) >= 11 is 0. The van der Waals surface area contributed by atoms with Gasteiger partial charge in [-0.05, 0) is 0 Å². The van der Waals surface area contributed by atoms with Crippen molar-refractivity contribution in [1.29, 1.82) is 0 Å². The van der Waals surface area contributed by atoms with Gasteiger partial charge in [0, 0.05) is 10.9 Å². The Bertz CT molecular complexity index is 358. The molecule has 1 rings (SSSR count). The summed E-state index contributed by atoms with van der Waals surface area (Å²) in [6.45, 7) is -1.01. The van der Waals surface area contributed by atoms with Crippen LogP contribution in [0.1, 0.15) is 0 Å². The van der Waals surface area contributed by atoms with Crippen LogP contribution in [0.2, 0.25) is 0 Å². The van der Waals surface area contributed by atoms with Gasteiger partial charge in [0.25, 0.3) is 0 Å². The van der Waals surface area contributed by atoms with E-state index >= 15 is 0 Å². The number of aliphatic hydroxyl groups excluding tert-OH is 4. The first-order valence-electron chi connectivity index (χ1n) is 5.16. The van der Waals surface area contributed by atoms with Crippen LogP contribution >= 0.6 is 0 Å². The van der Waals surface area contributed by atoms with Crippen molar-refractivity contribution < 1.29 is 37.6 Å². The molecule has 0 spiro atoms. The average Bonchev–Trinajstić information content (AvgIpc) is 2.50. The molecule has 0 aliphatic carbocycles. The molecule has 8 nitrogen and oxygen atoms in total. The van der Waals surface area contributed by atoms with Gasteiger partial charge in [-0.15, -0.1) is 0 Å². The Morgan fingerprint density at radius 3 is 2.56 bits per heavy atom. The fourth-order valence-electron chi connectivity index (χ4n) is 1.75. The number of aliphatic hydroxyl groups is 4. The molecule has 1 unspecified atom stereocenters. The standard InChI is InChI=1S/C8H16O8S2/c9-1-7-8(12)6(11)4-17(7)3-5(10)2-16-18(13,14)15/h5-12H,1-4H2/t5-,6-,7-,8+,17?/m1/s1. The Morgan fingerprint density at radius 1 is 1.44 bits per heavy atom. The minimum Gasteiger partial charge on any atom is -0.726 e. The van der Waals surface area contributed by atoms with E-state index in [-0.39, 0.29) is 18.1 Å². The molecular formula is C8H16O8S2. The lowest BCUT2D eigenvalue weighted by Crippen LogP contribution is -2.37. The summed E-state index contributed by atoms with van der Waals surface area (Å²) in [5, 5.41) is 37.0. The first-order valence-corrected chi connectivity index (χ1v) is 8.12. The number of hydrogen-bond donors (Lipinski definition) is 4. The molecule has 0 amide bonds. The van der Waals surface area contributed by atoms with Crippen molar-refractivity contribution in [3.8, 4) is 0 Å². The highest BCUT2D eigenvalue weighted by Crippen LogP contribution is 2.24. The summed E-state index contributed by atoms with van der Waals surface area (Å²) in [5.74, 6) is 0.266. The van der Waals surface area contributed by atoms with E-state index in [9.17, 15) is 28.3 Å². The quantitative estimate of drug-likeness (QED) is 0.225. The van der Waals surface area contributed by atoms with Gasteiger partial charge in [0.05, 0.1) is 13.2 Å². The van der Waals surface area contributed by atoms with Gasteiger partial charge in [-0.3, -0.25) is 4.18 Å². The van der Waals surface area contributed by atoms with Gasteiger partial charge < -0.3 is 25.0 Å². The molecule has 4 N–H and O–H groups in total. The SMILES string of the molecule is O=S(=O)([O-])OC[C@@H](O)C[S+]1C[C@@H](O)[C@H](O)[C@H]1CO. The van der Waals surface area contributed by atoms with Crippen LogP contribution in [0, 0.1) is 0 Å². The molecular weight excluding hydrogens is 288 g/mol. The predicted molar refractivity (Wildman–Crippen MR) is 61.6 cm³/mol. The average molecular weight is 304 g/mol. The van der Waals surface area contributed by atoms with E-state index in [1.807, 2.05) is 0 Å². The summed E-state index contributed by atoms with van der Waals surface area (Å²) in [7, 11) is -5.51. The molecule has 1 aliphatic heterocycles. The zero-order valence-electron chi connectivity index (χ0n) is 9.38. The second-order valence-electron chi connectivity index (χ2n) is 4.00. The maximum atomic E-state index is 10.2. The normalized spacial score (nSPS) is 34.7. The summed E-state index contributed by atoms with van der Waals surface area (Å²) in [5.41, 5.74) is 0. The molecule has 0 aromatic rings. The van der Waals surface area contributed by atoms with Crippen LogP contribution in [-0.2, 0) is 25.5 Å². The Kier molecular flexibility index (Phi) is 5.80. The highest BCUT2D eigenvalue weighted by Gasteiger charge is 2.49. The van der Waals surface area contributed by atoms with Crippen molar-refractivity contribution in [3.63, 3.8) is 0 Å². The van der Waals surface area contributed by atoms with Crippen molar-refractivity contribution in [3.05, 3.63) is 0 Å². The fraction of sp³-hybridized carbons (Fsp3) is 1.00. The highest BCUT2D eigenvalue weighted by atomic mass is 32.3. The second-order valence-corrected chi connectivity index (χ2v) is 7.40. The van der Waals surface area contributed by atoms with E-state index < -0.39 is 51.5 Å². The third-order valence-electron chi connectivity index (χ3n) is 2.58. The molecule has 0 aromatic carbocycles. The molecule has 1 fully saturated rings. The van der Waals surface area contributed by atoms with Crippen LogP contribution in [0.4, 0.5) is 0 Å². The van der Waals surface area contributed by atoms with E-state index in [4.69, 9.17) is 5.11 Å². The van der Waals surface area contributed by atoms with Crippen molar-refractivity contribution in [2.75, 3.05) is 24.7 Å². The molecule has 0 saturated carbocycles. The van der Waals surface area contributed by atoms with E-state index in [2.05, 4.69) is 4.18 Å². The van der Waals surface area contributed by atoms with Gasteiger partial charge in [0.1, 0.15) is 29.8 Å². The van der Waals surface area contributed by atoms with Crippen molar-refractivity contribution >= 4 is 21.3 Å². The Balaban J connectivity index is 2.46. The molecule has 5 atom stereocenters. The number of rotatable bonds is 6. The van der Waals surface area contributed by atoms with Crippen molar-refractivity contribution in [1.82, 2.24) is 0 Å². The maximum absolute atomic E-state index is 10.2. The molecule has 1 saturated heterocycles. The summed E-state index contributed by atoms with van der Waals surface area (Å²) < 4.78 is 34.5. The van der Waals surface area contributed by atoms with Gasteiger partial charge >= 0.3 is 0 Å². The summed E-state index contributed by atoms with van der Waals surface area (Å²) in [6.07, 6.45) is -3.24. The molecule has 1 heterocycles. The molecule has 1 aliphatic rings. The van der Waals surface area contributed by atoms with E-state index in [0.717, 1.165) is 0 Å². The van der Waals surface area contributed by atoms with Gasteiger partial charge in [-0.2, -0.15) is 0 Å². The van der Waals surface area contributed by atoms with Gasteiger partial charge in [-0.1, -0.05) is 0 Å². The topological polar surface area (TPSA) is 147 Å². The summed E-state index contributed by atoms with van der Waals surface area (Å²) in [4.78, 5) is 0. The maximum Gasteiger partial charge on any atom is 0.217 e. The minimum absolute atomic E-state index is 0.0505. The Hall–Kier alpha value is 0.0600. The summed E-state index contributed by atoms with van der Waals surface area (Å²) in [6, 6.07) is 0. The van der Waals surface area contributed by atoms with Crippen LogP contribution in [0.25, 0.3) is 0 Å². The Morgan fingerprint density at radius 2 is 2.06 bits per heavy atom. The largest absolute Gasteiger partial charge is 0.726 e. The lowest BCUT2D eigenvalue weighted by molar-refractivity contribution is 0.0325. The van der Waals surface area contributed by atoms with E-state index in [1.165, 1.54) is 0 Å². The highest BCUT2D eigenvalue weighted by molar-refractivity contribution is 7.97.